The van der Waals surface area contributed by atoms with E-state index in [0.717, 1.165) is 12.1 Å². The lowest BCUT2D eigenvalue weighted by atomic mass is 10.3. The summed E-state index contributed by atoms with van der Waals surface area (Å²) < 4.78 is 44.0. The van der Waals surface area contributed by atoms with Crippen molar-refractivity contribution in [3.8, 4) is 5.75 Å². The lowest BCUT2D eigenvalue weighted by molar-refractivity contribution is 0.265. The number of nitrogens with two attached hydrogens (primary N) is 1. The first-order valence-electron chi connectivity index (χ1n) is 5.08. The highest BCUT2D eigenvalue weighted by Gasteiger charge is 2.20. The Morgan fingerprint density at radius 1 is 1.56 bits per heavy atom. The second kappa shape index (κ2) is 5.51. The SMILES string of the molecule is COc1c(N)cc(S(=O)(=O)N[C@@H](C)CO)cc1F. The fraction of sp³-hybridized carbons (Fsp3) is 0.400. The van der Waals surface area contributed by atoms with Crippen molar-refractivity contribution >= 4 is 15.7 Å². The van der Waals surface area contributed by atoms with Gasteiger partial charge in [-0.15, -0.1) is 0 Å². The van der Waals surface area contributed by atoms with E-state index in [0.29, 0.717) is 0 Å². The molecule has 0 unspecified atom stereocenters. The van der Waals surface area contributed by atoms with Crippen LogP contribution in [0.5, 0.6) is 5.75 Å². The van der Waals surface area contributed by atoms with Crippen LogP contribution in [-0.2, 0) is 10.0 Å². The number of rotatable bonds is 5. The van der Waals surface area contributed by atoms with E-state index in [1.807, 2.05) is 0 Å². The monoisotopic (exact) mass is 278 g/mol. The van der Waals surface area contributed by atoms with Crippen LogP contribution in [0.4, 0.5) is 10.1 Å². The third-order valence-electron chi connectivity index (χ3n) is 2.19. The zero-order chi connectivity index (χ0) is 13.9. The first kappa shape index (κ1) is 14.7. The molecule has 0 aromatic heterocycles. The van der Waals surface area contributed by atoms with Crippen LogP contribution in [0.2, 0.25) is 0 Å². The van der Waals surface area contributed by atoms with Gasteiger partial charge in [0, 0.05) is 6.04 Å². The predicted molar refractivity (Wildman–Crippen MR) is 64.2 cm³/mol. The second-order valence-corrected chi connectivity index (χ2v) is 5.45. The van der Waals surface area contributed by atoms with E-state index in [4.69, 9.17) is 15.6 Å². The van der Waals surface area contributed by atoms with Gasteiger partial charge in [0.25, 0.3) is 0 Å². The Kier molecular flexibility index (Phi) is 4.49. The summed E-state index contributed by atoms with van der Waals surface area (Å²) in [4.78, 5) is -0.321. The molecule has 0 aliphatic heterocycles. The number of aliphatic hydroxyl groups is 1. The Balaban J connectivity index is 3.18. The minimum Gasteiger partial charge on any atom is -0.492 e. The fourth-order valence-electron chi connectivity index (χ4n) is 1.33. The number of hydrogen-bond acceptors (Lipinski definition) is 5. The zero-order valence-corrected chi connectivity index (χ0v) is 10.8. The van der Waals surface area contributed by atoms with Crippen molar-refractivity contribution in [3.05, 3.63) is 17.9 Å². The van der Waals surface area contributed by atoms with Crippen LogP contribution >= 0.6 is 0 Å². The van der Waals surface area contributed by atoms with E-state index in [1.165, 1.54) is 14.0 Å². The summed E-state index contributed by atoms with van der Waals surface area (Å²) in [6.45, 7) is 1.11. The maximum atomic E-state index is 13.5. The minimum absolute atomic E-state index is 0.116. The van der Waals surface area contributed by atoms with Crippen LogP contribution in [0.25, 0.3) is 0 Å². The molecule has 8 heteroatoms. The summed E-state index contributed by atoms with van der Waals surface area (Å²) in [5.74, 6) is -1.07. The van der Waals surface area contributed by atoms with E-state index in [-0.39, 0.29) is 22.9 Å². The van der Waals surface area contributed by atoms with Crippen LogP contribution in [-0.4, -0.2) is 33.3 Å². The Hall–Kier alpha value is -1.38. The molecule has 1 aromatic rings. The highest BCUT2D eigenvalue weighted by Crippen LogP contribution is 2.28. The topological polar surface area (TPSA) is 102 Å². The van der Waals surface area contributed by atoms with E-state index in [1.54, 1.807) is 0 Å². The fourth-order valence-corrected chi connectivity index (χ4v) is 2.61. The van der Waals surface area contributed by atoms with Crippen LogP contribution in [0.1, 0.15) is 6.92 Å². The van der Waals surface area contributed by atoms with Gasteiger partial charge in [0.05, 0.1) is 24.3 Å². The van der Waals surface area contributed by atoms with Gasteiger partial charge in [0.2, 0.25) is 10.0 Å². The van der Waals surface area contributed by atoms with Gasteiger partial charge in [-0.3, -0.25) is 0 Å². The first-order valence-corrected chi connectivity index (χ1v) is 6.56. The smallest absolute Gasteiger partial charge is 0.241 e. The molecule has 0 heterocycles. The summed E-state index contributed by atoms with van der Waals surface area (Å²) in [6, 6.07) is 1.22. The third-order valence-corrected chi connectivity index (χ3v) is 3.76. The summed E-state index contributed by atoms with van der Waals surface area (Å²) >= 11 is 0. The number of anilines is 1. The molecule has 1 rings (SSSR count). The molecule has 0 bridgehead atoms. The molecule has 102 valence electrons. The summed E-state index contributed by atoms with van der Waals surface area (Å²) in [5, 5.41) is 8.79. The number of ether oxygens (including phenoxy) is 1. The molecule has 0 aliphatic rings. The number of methoxy groups -OCH3 is 1. The van der Waals surface area contributed by atoms with E-state index in [9.17, 15) is 12.8 Å². The normalized spacial score (nSPS) is 13.3. The molecule has 6 nitrogen and oxygen atoms in total. The van der Waals surface area contributed by atoms with E-state index >= 15 is 0 Å². The molecule has 0 aliphatic carbocycles. The molecular weight excluding hydrogens is 263 g/mol. The number of sulfonamides is 1. The Morgan fingerprint density at radius 3 is 2.61 bits per heavy atom. The van der Waals surface area contributed by atoms with Crippen LogP contribution in [0, 0.1) is 5.82 Å². The Morgan fingerprint density at radius 2 is 2.17 bits per heavy atom. The van der Waals surface area contributed by atoms with Gasteiger partial charge < -0.3 is 15.6 Å². The van der Waals surface area contributed by atoms with Crippen molar-refractivity contribution in [2.24, 2.45) is 0 Å². The average Bonchev–Trinajstić information content (AvgIpc) is 2.27. The van der Waals surface area contributed by atoms with Crippen molar-refractivity contribution in [2.75, 3.05) is 19.5 Å². The van der Waals surface area contributed by atoms with Crippen molar-refractivity contribution in [3.63, 3.8) is 0 Å². The van der Waals surface area contributed by atoms with E-state index < -0.39 is 21.9 Å². The van der Waals surface area contributed by atoms with Gasteiger partial charge in [0.15, 0.2) is 11.6 Å². The molecule has 0 spiro atoms. The quantitative estimate of drug-likeness (QED) is 0.662. The molecule has 0 saturated heterocycles. The number of aliphatic hydroxyl groups excluding tert-OH is 1. The lowest BCUT2D eigenvalue weighted by Crippen LogP contribution is -2.35. The zero-order valence-electron chi connectivity index (χ0n) is 9.97. The van der Waals surface area contributed by atoms with Gasteiger partial charge in [-0.25, -0.2) is 17.5 Å². The summed E-state index contributed by atoms with van der Waals surface area (Å²) in [6.07, 6.45) is 0. The van der Waals surface area contributed by atoms with E-state index in [2.05, 4.69) is 4.72 Å². The largest absolute Gasteiger partial charge is 0.492 e. The van der Waals surface area contributed by atoms with Gasteiger partial charge in [-0.1, -0.05) is 0 Å². The number of halogens is 1. The Labute approximate surface area is 105 Å². The molecule has 1 aromatic carbocycles. The maximum Gasteiger partial charge on any atom is 0.241 e. The summed E-state index contributed by atoms with van der Waals surface area (Å²) in [5.41, 5.74) is 5.37. The highest BCUT2D eigenvalue weighted by molar-refractivity contribution is 7.89. The van der Waals surface area contributed by atoms with Crippen molar-refractivity contribution in [1.29, 1.82) is 0 Å². The third kappa shape index (κ3) is 3.09. The van der Waals surface area contributed by atoms with Crippen LogP contribution in [0.3, 0.4) is 0 Å². The molecular formula is C10H15FN2O4S. The molecule has 0 fully saturated rings. The van der Waals surface area contributed by atoms with Gasteiger partial charge in [-0.05, 0) is 19.1 Å². The van der Waals surface area contributed by atoms with Gasteiger partial charge in [0.1, 0.15) is 0 Å². The first-order chi connectivity index (χ1) is 8.31. The standard InChI is InChI=1S/C10H15FN2O4S/c1-6(5-14)13-18(15,16)7-3-8(11)10(17-2)9(12)4-7/h3-4,6,13-14H,5,12H2,1-2H3/t6-/m0/s1. The molecule has 4 N–H and O–H groups in total. The summed E-state index contributed by atoms with van der Waals surface area (Å²) in [7, 11) is -2.70. The number of hydrogen-bond donors (Lipinski definition) is 3. The molecule has 0 radical (unpaired) electrons. The minimum atomic E-state index is -3.93. The van der Waals surface area contributed by atoms with Crippen molar-refractivity contribution < 1.29 is 22.7 Å². The predicted octanol–water partition coefficient (Wildman–Crippen LogP) is 0.0756. The maximum absolute atomic E-state index is 13.5. The Bertz CT molecular complexity index is 510. The second-order valence-electron chi connectivity index (χ2n) is 3.73. The number of nitrogen functional groups attached to an aromatic ring is 1. The molecule has 18 heavy (non-hydrogen) atoms. The van der Waals surface area contributed by atoms with Crippen LogP contribution < -0.4 is 15.2 Å². The number of benzene rings is 1. The molecule has 0 amide bonds. The number of nitrogens with one attached hydrogen (secondary N) is 1. The van der Waals surface area contributed by atoms with Crippen LogP contribution in [0.15, 0.2) is 17.0 Å². The van der Waals surface area contributed by atoms with Crippen molar-refractivity contribution in [1.82, 2.24) is 4.72 Å². The van der Waals surface area contributed by atoms with Gasteiger partial charge >= 0.3 is 0 Å². The average molecular weight is 278 g/mol. The highest BCUT2D eigenvalue weighted by atomic mass is 32.2. The molecule has 0 saturated carbocycles. The van der Waals surface area contributed by atoms with Crippen molar-refractivity contribution in [2.45, 2.75) is 17.9 Å². The lowest BCUT2D eigenvalue weighted by Gasteiger charge is -2.13. The van der Waals surface area contributed by atoms with Gasteiger partial charge in [-0.2, -0.15) is 0 Å². The molecule has 1 atom stereocenters.